The second kappa shape index (κ2) is 5.74. The van der Waals surface area contributed by atoms with Crippen molar-refractivity contribution in [2.75, 3.05) is 19.7 Å². The molecular formula is C9H14F2N2O3. The number of nitrogens with zero attached hydrogens (tertiary/aromatic N) is 1. The molecule has 0 aromatic rings. The Bertz CT molecular complexity index is 273. The lowest BCUT2D eigenvalue weighted by molar-refractivity contribution is -0.136. The van der Waals surface area contributed by atoms with E-state index in [9.17, 15) is 18.4 Å². The third kappa shape index (κ3) is 3.41. The fourth-order valence-corrected chi connectivity index (χ4v) is 1.60. The number of hydrogen-bond acceptors (Lipinski definition) is 3. The molecule has 16 heavy (non-hydrogen) atoms. The first-order valence-corrected chi connectivity index (χ1v) is 5.01. The molecule has 0 saturated carbocycles. The number of alkyl halides is 2. The number of carbonyl (C=O) groups excluding carboxylic acids is 2. The van der Waals surface area contributed by atoms with E-state index in [4.69, 9.17) is 5.11 Å². The molecule has 0 spiro atoms. The van der Waals surface area contributed by atoms with Gasteiger partial charge in [-0.05, 0) is 6.42 Å². The molecule has 2 N–H and O–H groups in total. The minimum atomic E-state index is -2.65. The Morgan fingerprint density at radius 1 is 1.62 bits per heavy atom. The third-order valence-corrected chi connectivity index (χ3v) is 2.33. The second-order valence-electron chi connectivity index (χ2n) is 3.56. The fraction of sp³-hybridized carbons (Fsp3) is 0.778. The highest BCUT2D eigenvalue weighted by molar-refractivity contribution is 5.90. The van der Waals surface area contributed by atoms with E-state index < -0.39 is 24.9 Å². The summed E-state index contributed by atoms with van der Waals surface area (Å²) in [5, 5.41) is 11.1. The van der Waals surface area contributed by atoms with E-state index in [-0.39, 0.29) is 25.5 Å². The van der Waals surface area contributed by atoms with Crippen LogP contribution in [0.1, 0.15) is 12.8 Å². The van der Waals surface area contributed by atoms with Crippen LogP contribution in [0.15, 0.2) is 0 Å². The first-order chi connectivity index (χ1) is 7.54. The van der Waals surface area contributed by atoms with Gasteiger partial charge >= 0.3 is 0 Å². The molecule has 2 amide bonds. The van der Waals surface area contributed by atoms with Crippen LogP contribution >= 0.6 is 0 Å². The van der Waals surface area contributed by atoms with Crippen molar-refractivity contribution in [3.8, 4) is 0 Å². The number of hydrogen-bond donors (Lipinski definition) is 2. The van der Waals surface area contributed by atoms with Crippen molar-refractivity contribution >= 4 is 11.8 Å². The van der Waals surface area contributed by atoms with E-state index in [0.29, 0.717) is 6.42 Å². The molecule has 1 aliphatic heterocycles. The minimum Gasteiger partial charge on any atom is -0.395 e. The van der Waals surface area contributed by atoms with Gasteiger partial charge in [0.25, 0.3) is 6.43 Å². The van der Waals surface area contributed by atoms with E-state index in [1.165, 1.54) is 0 Å². The molecule has 1 saturated heterocycles. The predicted octanol–water partition coefficient (Wildman–Crippen LogP) is -0.649. The van der Waals surface area contributed by atoms with Gasteiger partial charge in [-0.2, -0.15) is 0 Å². The van der Waals surface area contributed by atoms with Crippen LogP contribution in [-0.4, -0.2) is 54.0 Å². The molecular weight excluding hydrogens is 222 g/mol. The smallest absolute Gasteiger partial charge is 0.255 e. The standard InChI is InChI=1S/C9H14F2N2O3/c10-7(11)5-13(3-4-14)9(16)6-1-2-8(15)12-6/h6-7,14H,1-5H2,(H,12,15)/t6-/m1/s1. The molecule has 0 aliphatic carbocycles. The number of nitrogens with one attached hydrogen (secondary N) is 1. The van der Waals surface area contributed by atoms with Gasteiger partial charge in [0, 0.05) is 13.0 Å². The zero-order valence-corrected chi connectivity index (χ0v) is 8.66. The van der Waals surface area contributed by atoms with Crippen LogP contribution in [0.3, 0.4) is 0 Å². The van der Waals surface area contributed by atoms with Gasteiger partial charge < -0.3 is 15.3 Å². The molecule has 0 radical (unpaired) electrons. The van der Waals surface area contributed by atoms with Crippen molar-refractivity contribution in [2.45, 2.75) is 25.3 Å². The highest BCUT2D eigenvalue weighted by Crippen LogP contribution is 2.10. The van der Waals surface area contributed by atoms with Crippen LogP contribution in [0.25, 0.3) is 0 Å². The summed E-state index contributed by atoms with van der Waals surface area (Å²) in [6, 6.07) is -0.724. The number of amides is 2. The lowest BCUT2D eigenvalue weighted by atomic mass is 10.2. The van der Waals surface area contributed by atoms with Crippen molar-refractivity contribution < 1.29 is 23.5 Å². The summed E-state index contributed by atoms with van der Waals surface area (Å²) in [4.78, 5) is 23.4. The van der Waals surface area contributed by atoms with Crippen LogP contribution in [0.4, 0.5) is 8.78 Å². The number of carbonyl (C=O) groups is 2. The summed E-state index contributed by atoms with van der Waals surface area (Å²) in [6.45, 7) is -1.24. The third-order valence-electron chi connectivity index (χ3n) is 2.33. The van der Waals surface area contributed by atoms with E-state index in [0.717, 1.165) is 4.90 Å². The lowest BCUT2D eigenvalue weighted by Gasteiger charge is -2.24. The summed E-state index contributed by atoms with van der Waals surface area (Å²) in [5.74, 6) is -0.806. The normalized spacial score (nSPS) is 20.0. The Morgan fingerprint density at radius 2 is 2.31 bits per heavy atom. The van der Waals surface area contributed by atoms with Gasteiger partial charge in [0.1, 0.15) is 6.04 Å². The average Bonchev–Trinajstić information content (AvgIpc) is 2.62. The Balaban J connectivity index is 2.55. The zero-order chi connectivity index (χ0) is 12.1. The van der Waals surface area contributed by atoms with Crippen LogP contribution in [0.5, 0.6) is 0 Å². The number of aliphatic hydroxyl groups excluding tert-OH is 1. The molecule has 0 bridgehead atoms. The number of aliphatic hydroxyl groups is 1. The highest BCUT2D eigenvalue weighted by atomic mass is 19.3. The maximum atomic E-state index is 12.2. The van der Waals surface area contributed by atoms with E-state index in [2.05, 4.69) is 5.32 Å². The molecule has 0 unspecified atom stereocenters. The van der Waals surface area contributed by atoms with E-state index >= 15 is 0 Å². The quantitative estimate of drug-likeness (QED) is 0.666. The van der Waals surface area contributed by atoms with Gasteiger partial charge in [0.05, 0.1) is 13.2 Å². The first kappa shape index (κ1) is 12.8. The van der Waals surface area contributed by atoms with Gasteiger partial charge in [-0.3, -0.25) is 9.59 Å². The summed E-state index contributed by atoms with van der Waals surface area (Å²) < 4.78 is 24.3. The lowest BCUT2D eigenvalue weighted by Crippen LogP contribution is -2.47. The number of halogens is 2. The Hall–Kier alpha value is -1.24. The highest BCUT2D eigenvalue weighted by Gasteiger charge is 2.31. The molecule has 1 heterocycles. The van der Waals surface area contributed by atoms with Gasteiger partial charge in [0.15, 0.2) is 0 Å². The van der Waals surface area contributed by atoms with E-state index in [1.54, 1.807) is 0 Å². The van der Waals surface area contributed by atoms with Crippen molar-refractivity contribution in [2.24, 2.45) is 0 Å². The minimum absolute atomic E-state index is 0.143. The molecule has 7 heteroatoms. The second-order valence-corrected chi connectivity index (χ2v) is 3.56. The van der Waals surface area contributed by atoms with Crippen molar-refractivity contribution in [1.82, 2.24) is 10.2 Å². The predicted molar refractivity (Wildman–Crippen MR) is 50.8 cm³/mol. The van der Waals surface area contributed by atoms with Gasteiger partial charge in [-0.25, -0.2) is 8.78 Å². The zero-order valence-electron chi connectivity index (χ0n) is 8.66. The Morgan fingerprint density at radius 3 is 2.75 bits per heavy atom. The van der Waals surface area contributed by atoms with Crippen molar-refractivity contribution in [3.63, 3.8) is 0 Å². The molecule has 1 atom stereocenters. The maximum Gasteiger partial charge on any atom is 0.255 e. The maximum absolute atomic E-state index is 12.2. The molecule has 92 valence electrons. The van der Waals surface area contributed by atoms with Crippen LogP contribution in [0.2, 0.25) is 0 Å². The largest absolute Gasteiger partial charge is 0.395 e. The van der Waals surface area contributed by atoms with Crippen molar-refractivity contribution in [3.05, 3.63) is 0 Å². The van der Waals surface area contributed by atoms with Gasteiger partial charge in [-0.1, -0.05) is 0 Å². The topological polar surface area (TPSA) is 69.6 Å². The van der Waals surface area contributed by atoms with Crippen LogP contribution in [0, 0.1) is 0 Å². The number of rotatable bonds is 5. The van der Waals surface area contributed by atoms with Crippen LogP contribution in [-0.2, 0) is 9.59 Å². The molecule has 0 aromatic heterocycles. The Labute approximate surface area is 91.4 Å². The SMILES string of the molecule is O=C1CC[C@H](C(=O)N(CCO)CC(F)F)N1. The molecule has 0 aromatic carbocycles. The fourth-order valence-electron chi connectivity index (χ4n) is 1.60. The summed E-state index contributed by atoms with van der Waals surface area (Å²) in [6.07, 6.45) is -2.09. The van der Waals surface area contributed by atoms with Crippen LogP contribution < -0.4 is 5.32 Å². The first-order valence-electron chi connectivity index (χ1n) is 5.01. The molecule has 5 nitrogen and oxygen atoms in total. The molecule has 1 aliphatic rings. The van der Waals surface area contributed by atoms with Gasteiger partial charge in [0.2, 0.25) is 11.8 Å². The van der Waals surface area contributed by atoms with Gasteiger partial charge in [-0.15, -0.1) is 0 Å². The Kier molecular flexibility index (Phi) is 4.60. The monoisotopic (exact) mass is 236 g/mol. The summed E-state index contributed by atoms with van der Waals surface area (Å²) in [7, 11) is 0. The average molecular weight is 236 g/mol. The molecule has 1 fully saturated rings. The molecule has 1 rings (SSSR count). The summed E-state index contributed by atoms with van der Waals surface area (Å²) in [5.41, 5.74) is 0. The summed E-state index contributed by atoms with van der Waals surface area (Å²) >= 11 is 0. The van der Waals surface area contributed by atoms with E-state index in [1.807, 2.05) is 0 Å². The van der Waals surface area contributed by atoms with Crippen molar-refractivity contribution in [1.29, 1.82) is 0 Å².